The molecule has 27 heavy (non-hydrogen) atoms. The highest BCUT2D eigenvalue weighted by atomic mass is 79.9. The molecule has 2 aliphatic rings. The van der Waals surface area contributed by atoms with Gasteiger partial charge < -0.3 is 4.90 Å². The van der Waals surface area contributed by atoms with Crippen molar-refractivity contribution in [2.45, 2.75) is 30.8 Å². The second-order valence-electron chi connectivity index (χ2n) is 7.15. The molecule has 1 unspecified atom stereocenters. The van der Waals surface area contributed by atoms with Gasteiger partial charge in [0.25, 0.3) is 0 Å². The van der Waals surface area contributed by atoms with Gasteiger partial charge in [0, 0.05) is 30.1 Å². The van der Waals surface area contributed by atoms with Gasteiger partial charge in [0.1, 0.15) is 11.2 Å². The number of benzene rings is 2. The van der Waals surface area contributed by atoms with E-state index in [9.17, 15) is 9.18 Å². The number of thioether (sulfide) groups is 1. The Hall–Kier alpha value is -1.37. The molecule has 0 aromatic heterocycles. The van der Waals surface area contributed by atoms with Gasteiger partial charge in [-0.25, -0.2) is 4.39 Å². The first-order valence-electron chi connectivity index (χ1n) is 9.25. The quantitative estimate of drug-likeness (QED) is 0.669. The highest BCUT2D eigenvalue weighted by molar-refractivity contribution is 9.10. The lowest BCUT2D eigenvalue weighted by atomic mass is 10.0. The lowest BCUT2D eigenvalue weighted by Crippen LogP contribution is -2.46. The molecule has 2 aromatic rings. The number of halogens is 2. The van der Waals surface area contributed by atoms with E-state index in [0.717, 1.165) is 42.5 Å². The van der Waals surface area contributed by atoms with Gasteiger partial charge in [0.15, 0.2) is 0 Å². The molecule has 0 bridgehead atoms. The van der Waals surface area contributed by atoms with Crippen LogP contribution >= 0.6 is 27.7 Å². The molecule has 0 radical (unpaired) electrons. The molecule has 1 atom stereocenters. The summed E-state index contributed by atoms with van der Waals surface area (Å²) in [5, 5.41) is 0.0149. The molecule has 2 aliphatic heterocycles. The summed E-state index contributed by atoms with van der Waals surface area (Å²) in [5.74, 6) is 0.489. The second kappa shape index (κ2) is 8.33. The Morgan fingerprint density at radius 3 is 2.37 bits per heavy atom. The van der Waals surface area contributed by atoms with Crippen LogP contribution in [0.4, 0.5) is 4.39 Å². The van der Waals surface area contributed by atoms with Crippen molar-refractivity contribution in [2.24, 2.45) is 0 Å². The van der Waals surface area contributed by atoms with Crippen LogP contribution in [0.5, 0.6) is 0 Å². The first kappa shape index (κ1) is 19.0. The van der Waals surface area contributed by atoms with Crippen LogP contribution in [-0.4, -0.2) is 40.6 Å². The zero-order valence-electron chi connectivity index (χ0n) is 15.0. The minimum atomic E-state index is -0.235. The highest BCUT2D eigenvalue weighted by Crippen LogP contribution is 2.41. The van der Waals surface area contributed by atoms with E-state index in [1.807, 2.05) is 0 Å². The maximum atomic E-state index is 13.3. The summed E-state index contributed by atoms with van der Waals surface area (Å²) in [6.45, 7) is 2.93. The zero-order chi connectivity index (χ0) is 18.8. The molecule has 0 N–H and O–H groups in total. The van der Waals surface area contributed by atoms with Crippen molar-refractivity contribution in [3.8, 4) is 0 Å². The van der Waals surface area contributed by atoms with Crippen molar-refractivity contribution in [3.05, 3.63) is 69.9 Å². The standard InChI is InChI=1S/C21H22BrFN2OS/c22-17-5-1-15(2-6-17)13-24-11-9-19(10-12-24)25-20(26)14-27-21(25)16-3-7-18(23)8-4-16/h1-8,19,21H,9-14H2. The summed E-state index contributed by atoms with van der Waals surface area (Å²) < 4.78 is 14.3. The molecule has 2 fully saturated rings. The van der Waals surface area contributed by atoms with E-state index in [4.69, 9.17) is 0 Å². The van der Waals surface area contributed by atoms with E-state index in [1.54, 1.807) is 23.9 Å². The third-order valence-electron chi connectivity index (χ3n) is 5.33. The molecule has 0 spiro atoms. The summed E-state index contributed by atoms with van der Waals surface area (Å²) in [4.78, 5) is 17.1. The van der Waals surface area contributed by atoms with Gasteiger partial charge in [-0.2, -0.15) is 0 Å². The largest absolute Gasteiger partial charge is 0.323 e. The smallest absolute Gasteiger partial charge is 0.234 e. The van der Waals surface area contributed by atoms with E-state index in [0.29, 0.717) is 5.75 Å². The molecule has 2 heterocycles. The molecular formula is C21H22BrFN2OS. The topological polar surface area (TPSA) is 23.6 Å². The van der Waals surface area contributed by atoms with E-state index in [2.05, 4.69) is 50.0 Å². The molecule has 6 heteroatoms. The monoisotopic (exact) mass is 448 g/mol. The number of rotatable bonds is 4. The van der Waals surface area contributed by atoms with Gasteiger partial charge in [-0.05, 0) is 48.2 Å². The first-order chi connectivity index (χ1) is 13.1. The maximum Gasteiger partial charge on any atom is 0.234 e. The van der Waals surface area contributed by atoms with Crippen molar-refractivity contribution >= 4 is 33.6 Å². The van der Waals surface area contributed by atoms with Crippen LogP contribution in [0.2, 0.25) is 0 Å². The van der Waals surface area contributed by atoms with Crippen molar-refractivity contribution in [2.75, 3.05) is 18.8 Å². The van der Waals surface area contributed by atoms with Crippen LogP contribution in [0, 0.1) is 5.82 Å². The number of carbonyl (C=O) groups excluding carboxylic acids is 1. The van der Waals surface area contributed by atoms with Gasteiger partial charge in [-0.3, -0.25) is 9.69 Å². The van der Waals surface area contributed by atoms with Crippen LogP contribution in [0.1, 0.15) is 29.3 Å². The number of hydrogen-bond donors (Lipinski definition) is 0. The number of likely N-dealkylation sites (tertiary alicyclic amines) is 1. The molecule has 2 saturated heterocycles. The lowest BCUT2D eigenvalue weighted by molar-refractivity contribution is -0.131. The van der Waals surface area contributed by atoms with Gasteiger partial charge in [0.05, 0.1) is 5.75 Å². The Balaban J connectivity index is 1.39. The molecule has 142 valence electrons. The Labute approximate surface area is 172 Å². The van der Waals surface area contributed by atoms with E-state index in [-0.39, 0.29) is 23.1 Å². The third kappa shape index (κ3) is 4.39. The Kier molecular flexibility index (Phi) is 5.85. The minimum Gasteiger partial charge on any atom is -0.323 e. The van der Waals surface area contributed by atoms with Crippen molar-refractivity contribution in [1.82, 2.24) is 9.80 Å². The number of nitrogens with zero attached hydrogens (tertiary/aromatic N) is 2. The summed E-state index contributed by atoms with van der Waals surface area (Å²) in [6, 6.07) is 15.3. The summed E-state index contributed by atoms with van der Waals surface area (Å²) in [6.07, 6.45) is 1.97. The Bertz CT molecular complexity index is 791. The van der Waals surface area contributed by atoms with Gasteiger partial charge in [-0.15, -0.1) is 11.8 Å². The molecule has 0 aliphatic carbocycles. The van der Waals surface area contributed by atoms with Crippen LogP contribution in [0.25, 0.3) is 0 Å². The Morgan fingerprint density at radius 1 is 1.04 bits per heavy atom. The van der Waals surface area contributed by atoms with Gasteiger partial charge in [0.2, 0.25) is 5.91 Å². The van der Waals surface area contributed by atoms with Crippen LogP contribution in [0.3, 0.4) is 0 Å². The summed E-state index contributed by atoms with van der Waals surface area (Å²) in [5.41, 5.74) is 2.33. The SMILES string of the molecule is O=C1CSC(c2ccc(F)cc2)N1C1CCN(Cc2ccc(Br)cc2)CC1. The Morgan fingerprint density at radius 2 is 1.70 bits per heavy atom. The van der Waals surface area contributed by atoms with Crippen LogP contribution < -0.4 is 0 Å². The van der Waals surface area contributed by atoms with Crippen molar-refractivity contribution in [3.63, 3.8) is 0 Å². The van der Waals surface area contributed by atoms with Gasteiger partial charge >= 0.3 is 0 Å². The highest BCUT2D eigenvalue weighted by Gasteiger charge is 2.38. The summed E-state index contributed by atoms with van der Waals surface area (Å²) in [7, 11) is 0. The molecular weight excluding hydrogens is 427 g/mol. The zero-order valence-corrected chi connectivity index (χ0v) is 17.4. The fraction of sp³-hybridized carbons (Fsp3) is 0.381. The molecule has 3 nitrogen and oxygen atoms in total. The van der Waals surface area contributed by atoms with Crippen LogP contribution in [-0.2, 0) is 11.3 Å². The molecule has 0 saturated carbocycles. The predicted octanol–water partition coefficient (Wildman–Crippen LogP) is 4.83. The van der Waals surface area contributed by atoms with E-state index < -0.39 is 0 Å². The number of amides is 1. The van der Waals surface area contributed by atoms with Gasteiger partial charge in [-0.1, -0.05) is 40.2 Å². The normalized spacial score (nSPS) is 21.8. The number of carbonyl (C=O) groups is 1. The number of piperidine rings is 1. The third-order valence-corrected chi connectivity index (χ3v) is 7.09. The van der Waals surface area contributed by atoms with Crippen molar-refractivity contribution < 1.29 is 9.18 Å². The molecule has 4 rings (SSSR count). The fourth-order valence-electron chi connectivity index (χ4n) is 3.92. The lowest BCUT2D eigenvalue weighted by Gasteiger charge is -2.39. The van der Waals surface area contributed by atoms with Crippen LogP contribution in [0.15, 0.2) is 53.0 Å². The molecule has 1 amide bonds. The fourth-order valence-corrected chi connectivity index (χ4v) is 5.43. The maximum absolute atomic E-state index is 13.3. The van der Waals surface area contributed by atoms with Crippen molar-refractivity contribution in [1.29, 1.82) is 0 Å². The first-order valence-corrected chi connectivity index (χ1v) is 11.1. The van der Waals surface area contributed by atoms with E-state index >= 15 is 0 Å². The minimum absolute atomic E-state index is 0.0149. The average molecular weight is 449 g/mol. The number of hydrogen-bond acceptors (Lipinski definition) is 3. The average Bonchev–Trinajstić information content (AvgIpc) is 3.06. The summed E-state index contributed by atoms with van der Waals surface area (Å²) >= 11 is 5.13. The second-order valence-corrected chi connectivity index (χ2v) is 9.13. The van der Waals surface area contributed by atoms with E-state index in [1.165, 1.54) is 17.7 Å². The predicted molar refractivity (Wildman–Crippen MR) is 111 cm³/mol. The molecule has 2 aromatic carbocycles.